The predicted molar refractivity (Wildman–Crippen MR) is 63.9 cm³/mol. The number of hydrogen-bond donors (Lipinski definition) is 1. The van der Waals surface area contributed by atoms with E-state index < -0.39 is 0 Å². The molecule has 0 aliphatic carbocycles. The zero-order valence-electron chi connectivity index (χ0n) is 10.4. The van der Waals surface area contributed by atoms with Crippen molar-refractivity contribution in [2.45, 2.75) is 39.0 Å². The van der Waals surface area contributed by atoms with Gasteiger partial charge in [-0.2, -0.15) is 0 Å². The molecule has 17 heavy (non-hydrogen) atoms. The Morgan fingerprint density at radius 3 is 3.06 bits per heavy atom. The lowest BCUT2D eigenvalue weighted by molar-refractivity contribution is -0.0424. The molecule has 0 radical (unpaired) electrons. The van der Waals surface area contributed by atoms with E-state index in [4.69, 9.17) is 4.74 Å². The Labute approximate surface area is 101 Å². The average molecular weight is 240 g/mol. The van der Waals surface area contributed by atoms with E-state index in [-0.39, 0.29) is 18.8 Å². The number of nitrogens with zero attached hydrogens (tertiary/aromatic N) is 4. The monoisotopic (exact) mass is 240 g/mol. The number of aliphatic hydroxyl groups is 1. The van der Waals surface area contributed by atoms with Gasteiger partial charge in [-0.3, -0.25) is 0 Å². The molecule has 2 heterocycles. The third-order valence-corrected chi connectivity index (χ3v) is 2.89. The fourth-order valence-corrected chi connectivity index (χ4v) is 2.20. The molecular weight excluding hydrogens is 220 g/mol. The zero-order chi connectivity index (χ0) is 12.3. The first kappa shape index (κ1) is 12.3. The predicted octanol–water partition coefficient (Wildman–Crippen LogP) is 0.274. The van der Waals surface area contributed by atoms with Crippen molar-refractivity contribution in [1.29, 1.82) is 0 Å². The Morgan fingerprint density at radius 2 is 2.35 bits per heavy atom. The number of ether oxygens (including phenoxy) is 1. The number of morpholine rings is 1. The van der Waals surface area contributed by atoms with Crippen molar-refractivity contribution in [2.75, 3.05) is 24.6 Å². The molecule has 1 aromatic heterocycles. The first-order valence-electron chi connectivity index (χ1n) is 6.14. The van der Waals surface area contributed by atoms with Crippen LogP contribution in [0.25, 0.3) is 0 Å². The maximum atomic E-state index is 9.21. The summed E-state index contributed by atoms with van der Waals surface area (Å²) in [5, 5.41) is 17.2. The van der Waals surface area contributed by atoms with Gasteiger partial charge < -0.3 is 14.7 Å². The van der Waals surface area contributed by atoms with Crippen molar-refractivity contribution < 1.29 is 9.84 Å². The quantitative estimate of drug-likeness (QED) is 0.818. The number of aromatic nitrogens is 3. The molecule has 0 amide bonds. The van der Waals surface area contributed by atoms with Crippen molar-refractivity contribution >= 4 is 5.82 Å². The SMILES string of the molecule is CCCn1nncc1N1CC(C)OC(CO)C1. The lowest BCUT2D eigenvalue weighted by Gasteiger charge is -2.37. The highest BCUT2D eigenvalue weighted by atomic mass is 16.5. The standard InChI is InChI=1S/C11H20N4O2/c1-3-4-15-11(5-12-13-15)14-6-9(2)17-10(7-14)8-16/h5,9-10,16H,3-4,6-8H2,1-2H3. The van der Waals surface area contributed by atoms with Crippen molar-refractivity contribution in [3.8, 4) is 0 Å². The van der Waals surface area contributed by atoms with Gasteiger partial charge in [0.2, 0.25) is 0 Å². The summed E-state index contributed by atoms with van der Waals surface area (Å²) in [5.41, 5.74) is 0. The molecule has 0 saturated carbocycles. The van der Waals surface area contributed by atoms with Gasteiger partial charge in [0.05, 0.1) is 25.0 Å². The van der Waals surface area contributed by atoms with E-state index in [1.54, 1.807) is 6.20 Å². The summed E-state index contributed by atoms with van der Waals surface area (Å²) < 4.78 is 7.53. The van der Waals surface area contributed by atoms with E-state index in [2.05, 4.69) is 22.1 Å². The molecule has 2 atom stereocenters. The van der Waals surface area contributed by atoms with Gasteiger partial charge in [-0.15, -0.1) is 5.10 Å². The van der Waals surface area contributed by atoms with E-state index in [1.807, 2.05) is 11.6 Å². The van der Waals surface area contributed by atoms with Crippen molar-refractivity contribution in [2.24, 2.45) is 0 Å². The summed E-state index contributed by atoms with van der Waals surface area (Å²) in [6, 6.07) is 0. The summed E-state index contributed by atoms with van der Waals surface area (Å²) in [4.78, 5) is 2.19. The lowest BCUT2D eigenvalue weighted by Crippen LogP contribution is -2.48. The van der Waals surface area contributed by atoms with E-state index in [1.165, 1.54) is 0 Å². The Kier molecular flexibility index (Phi) is 3.96. The lowest BCUT2D eigenvalue weighted by atomic mass is 10.2. The molecule has 1 N–H and O–H groups in total. The van der Waals surface area contributed by atoms with E-state index in [9.17, 15) is 5.11 Å². The van der Waals surface area contributed by atoms with Crippen LogP contribution in [0.2, 0.25) is 0 Å². The largest absolute Gasteiger partial charge is 0.394 e. The average Bonchev–Trinajstić information content (AvgIpc) is 2.77. The van der Waals surface area contributed by atoms with Crippen LogP contribution < -0.4 is 4.90 Å². The molecule has 6 nitrogen and oxygen atoms in total. The van der Waals surface area contributed by atoms with Gasteiger partial charge >= 0.3 is 0 Å². The molecule has 1 fully saturated rings. The Balaban J connectivity index is 2.12. The van der Waals surface area contributed by atoms with E-state index in [0.29, 0.717) is 6.54 Å². The molecule has 1 saturated heterocycles. The topological polar surface area (TPSA) is 63.4 Å². The van der Waals surface area contributed by atoms with Gasteiger partial charge in [-0.05, 0) is 13.3 Å². The van der Waals surface area contributed by atoms with Crippen LogP contribution in [0.15, 0.2) is 6.20 Å². The van der Waals surface area contributed by atoms with E-state index >= 15 is 0 Å². The fraction of sp³-hybridized carbons (Fsp3) is 0.818. The van der Waals surface area contributed by atoms with Gasteiger partial charge in [0.25, 0.3) is 0 Å². The van der Waals surface area contributed by atoms with Crippen LogP contribution in [0.1, 0.15) is 20.3 Å². The Bertz CT molecular complexity index is 355. The normalized spacial score (nSPS) is 25.2. The Morgan fingerprint density at radius 1 is 1.53 bits per heavy atom. The second-order valence-corrected chi connectivity index (χ2v) is 4.47. The Hall–Kier alpha value is -1.14. The molecule has 1 aromatic rings. The van der Waals surface area contributed by atoms with Crippen LogP contribution in [0, 0.1) is 0 Å². The van der Waals surface area contributed by atoms with Crippen molar-refractivity contribution in [3.63, 3.8) is 0 Å². The first-order chi connectivity index (χ1) is 8.24. The minimum atomic E-state index is -0.122. The second-order valence-electron chi connectivity index (χ2n) is 4.47. The van der Waals surface area contributed by atoms with Gasteiger partial charge in [0.15, 0.2) is 0 Å². The third-order valence-electron chi connectivity index (χ3n) is 2.89. The molecule has 2 unspecified atom stereocenters. The highest BCUT2D eigenvalue weighted by molar-refractivity contribution is 5.37. The van der Waals surface area contributed by atoms with Crippen molar-refractivity contribution in [3.05, 3.63) is 6.20 Å². The maximum Gasteiger partial charge on any atom is 0.147 e. The molecule has 96 valence electrons. The van der Waals surface area contributed by atoms with Gasteiger partial charge in [-0.25, -0.2) is 4.68 Å². The first-order valence-corrected chi connectivity index (χ1v) is 6.14. The number of rotatable bonds is 4. The summed E-state index contributed by atoms with van der Waals surface area (Å²) in [5.74, 6) is 1.01. The number of anilines is 1. The summed E-state index contributed by atoms with van der Waals surface area (Å²) in [7, 11) is 0. The molecule has 1 aliphatic rings. The minimum Gasteiger partial charge on any atom is -0.394 e. The molecule has 0 aromatic carbocycles. The van der Waals surface area contributed by atoms with Crippen LogP contribution in [0.4, 0.5) is 5.82 Å². The van der Waals surface area contributed by atoms with Gasteiger partial charge in [-0.1, -0.05) is 12.1 Å². The van der Waals surface area contributed by atoms with E-state index in [0.717, 1.165) is 25.3 Å². The summed E-state index contributed by atoms with van der Waals surface area (Å²) in [6.07, 6.45) is 2.80. The third kappa shape index (κ3) is 2.76. The maximum absolute atomic E-state index is 9.21. The molecule has 0 bridgehead atoms. The molecule has 0 spiro atoms. The summed E-state index contributed by atoms with van der Waals surface area (Å²) >= 11 is 0. The fourth-order valence-electron chi connectivity index (χ4n) is 2.20. The highest BCUT2D eigenvalue weighted by Crippen LogP contribution is 2.19. The minimum absolute atomic E-state index is 0.0518. The van der Waals surface area contributed by atoms with Crippen LogP contribution in [0.5, 0.6) is 0 Å². The van der Waals surface area contributed by atoms with Crippen LogP contribution in [-0.2, 0) is 11.3 Å². The molecular formula is C11H20N4O2. The number of aliphatic hydroxyl groups excluding tert-OH is 1. The molecule has 1 aliphatic heterocycles. The molecule has 2 rings (SSSR count). The van der Waals surface area contributed by atoms with Crippen LogP contribution in [-0.4, -0.2) is 52.0 Å². The van der Waals surface area contributed by atoms with Gasteiger partial charge in [0.1, 0.15) is 5.82 Å². The summed E-state index contributed by atoms with van der Waals surface area (Å²) in [6.45, 7) is 6.55. The van der Waals surface area contributed by atoms with Crippen LogP contribution in [0.3, 0.4) is 0 Å². The second kappa shape index (κ2) is 5.46. The smallest absolute Gasteiger partial charge is 0.147 e. The number of aryl methyl sites for hydroxylation is 1. The van der Waals surface area contributed by atoms with Crippen molar-refractivity contribution in [1.82, 2.24) is 15.0 Å². The van der Waals surface area contributed by atoms with Crippen LogP contribution >= 0.6 is 0 Å². The number of hydrogen-bond acceptors (Lipinski definition) is 5. The highest BCUT2D eigenvalue weighted by Gasteiger charge is 2.26. The van der Waals surface area contributed by atoms with Gasteiger partial charge in [0, 0.05) is 19.6 Å². The molecule has 6 heteroatoms. The zero-order valence-corrected chi connectivity index (χ0v) is 10.4.